The number of aromatic nitrogens is 1. The highest BCUT2D eigenvalue weighted by Crippen LogP contribution is 2.17. The maximum Gasteiger partial charge on any atom is 0.243 e. The molecule has 2 rings (SSSR count). The third-order valence-corrected chi connectivity index (χ3v) is 3.10. The zero-order valence-electron chi connectivity index (χ0n) is 8.36. The minimum absolute atomic E-state index is 0.124. The van der Waals surface area contributed by atoms with E-state index in [0.717, 1.165) is 4.88 Å². The van der Waals surface area contributed by atoms with E-state index in [4.69, 9.17) is 0 Å². The van der Waals surface area contributed by atoms with Gasteiger partial charge in [0.25, 0.3) is 0 Å². The first kappa shape index (κ1) is 10.5. The minimum atomic E-state index is -0.418. The average Bonchev–Trinajstić information content (AvgIpc) is 2.75. The summed E-state index contributed by atoms with van der Waals surface area (Å²) in [6.45, 7) is 2.42. The fourth-order valence-electron chi connectivity index (χ4n) is 1.52. The number of nitrogens with one attached hydrogen (secondary N) is 2. The van der Waals surface area contributed by atoms with E-state index in [0.29, 0.717) is 18.1 Å². The smallest absolute Gasteiger partial charge is 0.243 e. The number of aryl methyl sites for hydroxylation is 1. The molecule has 0 spiro atoms. The zero-order chi connectivity index (χ0) is 10.8. The van der Waals surface area contributed by atoms with Crippen molar-refractivity contribution in [1.29, 1.82) is 0 Å². The van der Waals surface area contributed by atoms with Crippen molar-refractivity contribution in [2.24, 2.45) is 0 Å². The third-order valence-electron chi connectivity index (χ3n) is 2.28. The van der Waals surface area contributed by atoms with Crippen LogP contribution >= 0.6 is 11.3 Å². The van der Waals surface area contributed by atoms with Crippen molar-refractivity contribution < 1.29 is 9.90 Å². The van der Waals surface area contributed by atoms with Gasteiger partial charge in [-0.1, -0.05) is 0 Å². The van der Waals surface area contributed by atoms with Gasteiger partial charge in [0, 0.05) is 17.6 Å². The van der Waals surface area contributed by atoms with E-state index in [1.807, 2.05) is 6.92 Å². The van der Waals surface area contributed by atoms with Crippen LogP contribution in [0.5, 0.6) is 0 Å². The highest BCUT2D eigenvalue weighted by Gasteiger charge is 2.28. The second-order valence-corrected chi connectivity index (χ2v) is 4.85. The van der Waals surface area contributed by atoms with Crippen LogP contribution in [0.2, 0.25) is 0 Å². The molecular formula is C9H13N3O2S. The zero-order valence-corrected chi connectivity index (χ0v) is 9.17. The molecule has 1 aromatic rings. The first-order chi connectivity index (χ1) is 7.15. The van der Waals surface area contributed by atoms with E-state index in [9.17, 15) is 9.90 Å². The van der Waals surface area contributed by atoms with Gasteiger partial charge < -0.3 is 15.7 Å². The van der Waals surface area contributed by atoms with Crippen LogP contribution in [0.4, 0.5) is 5.13 Å². The maximum absolute atomic E-state index is 11.7. The molecule has 15 heavy (non-hydrogen) atoms. The number of aliphatic hydroxyl groups is 1. The summed E-state index contributed by atoms with van der Waals surface area (Å²) in [6.07, 6.45) is 1.77. The van der Waals surface area contributed by atoms with Gasteiger partial charge in [-0.05, 0) is 13.3 Å². The highest BCUT2D eigenvalue weighted by molar-refractivity contribution is 7.15. The van der Waals surface area contributed by atoms with Gasteiger partial charge in [0.2, 0.25) is 5.91 Å². The molecule has 1 saturated heterocycles. The summed E-state index contributed by atoms with van der Waals surface area (Å²) in [5, 5.41) is 15.5. The molecule has 1 amide bonds. The molecule has 1 aromatic heterocycles. The van der Waals surface area contributed by atoms with Crippen LogP contribution < -0.4 is 10.6 Å². The summed E-state index contributed by atoms with van der Waals surface area (Å²) in [4.78, 5) is 16.8. The summed E-state index contributed by atoms with van der Waals surface area (Å²) in [7, 11) is 0. The molecule has 0 bridgehead atoms. The molecule has 2 heterocycles. The topological polar surface area (TPSA) is 74.2 Å². The summed E-state index contributed by atoms with van der Waals surface area (Å²) in [6, 6.07) is -0.302. The Morgan fingerprint density at radius 2 is 2.60 bits per heavy atom. The lowest BCUT2D eigenvalue weighted by Gasteiger charge is -2.08. The predicted octanol–water partition coefficient (Wildman–Crippen LogP) is 0.113. The standard InChI is InChI=1S/C9H13N3O2S/c1-5-3-11-9(15-5)12-8(14)7-2-6(13)4-10-7/h3,6-7,10,13H,2,4H2,1H3,(H,11,12,14)/t6-,7-/m1/s1. The van der Waals surface area contributed by atoms with Gasteiger partial charge in [0.05, 0.1) is 12.1 Å². The molecule has 2 atom stereocenters. The third kappa shape index (κ3) is 2.53. The van der Waals surface area contributed by atoms with Gasteiger partial charge in [-0.15, -0.1) is 11.3 Å². The predicted molar refractivity (Wildman–Crippen MR) is 57.9 cm³/mol. The minimum Gasteiger partial charge on any atom is -0.392 e. The summed E-state index contributed by atoms with van der Waals surface area (Å²) < 4.78 is 0. The van der Waals surface area contributed by atoms with Crippen molar-refractivity contribution in [2.75, 3.05) is 11.9 Å². The van der Waals surface area contributed by atoms with Gasteiger partial charge in [-0.25, -0.2) is 4.98 Å². The number of carbonyl (C=O) groups is 1. The van der Waals surface area contributed by atoms with Crippen molar-refractivity contribution in [3.8, 4) is 0 Å². The number of carbonyl (C=O) groups excluding carboxylic acids is 1. The summed E-state index contributed by atoms with van der Waals surface area (Å²) in [5.74, 6) is -0.124. The Labute approximate surface area is 91.5 Å². The molecule has 6 heteroatoms. The number of thiazole rings is 1. The number of anilines is 1. The first-order valence-electron chi connectivity index (χ1n) is 4.80. The molecule has 0 radical (unpaired) electrons. The summed E-state index contributed by atoms with van der Waals surface area (Å²) in [5.41, 5.74) is 0. The Morgan fingerprint density at radius 1 is 1.80 bits per heavy atom. The Hall–Kier alpha value is -0.980. The Morgan fingerprint density at radius 3 is 3.13 bits per heavy atom. The van der Waals surface area contributed by atoms with Crippen molar-refractivity contribution >= 4 is 22.4 Å². The molecule has 0 saturated carbocycles. The van der Waals surface area contributed by atoms with Gasteiger partial charge in [-0.2, -0.15) is 0 Å². The number of hydrogen-bond acceptors (Lipinski definition) is 5. The van der Waals surface area contributed by atoms with Crippen LogP contribution in [0.15, 0.2) is 6.20 Å². The van der Waals surface area contributed by atoms with E-state index in [2.05, 4.69) is 15.6 Å². The van der Waals surface area contributed by atoms with Crippen molar-refractivity contribution in [3.63, 3.8) is 0 Å². The van der Waals surface area contributed by atoms with Crippen LogP contribution in [0, 0.1) is 6.92 Å². The van der Waals surface area contributed by atoms with Gasteiger partial charge in [0.15, 0.2) is 5.13 Å². The number of nitrogens with zero attached hydrogens (tertiary/aromatic N) is 1. The molecular weight excluding hydrogens is 214 g/mol. The van der Waals surface area contributed by atoms with Crippen LogP contribution in [0.25, 0.3) is 0 Å². The second kappa shape index (κ2) is 4.26. The first-order valence-corrected chi connectivity index (χ1v) is 5.61. The Balaban J connectivity index is 1.92. The van der Waals surface area contributed by atoms with Crippen LogP contribution in [0.1, 0.15) is 11.3 Å². The fourth-order valence-corrected chi connectivity index (χ4v) is 2.19. The molecule has 1 aliphatic rings. The molecule has 1 aliphatic heterocycles. The van der Waals surface area contributed by atoms with E-state index in [1.165, 1.54) is 11.3 Å². The largest absolute Gasteiger partial charge is 0.392 e. The van der Waals surface area contributed by atoms with Crippen molar-refractivity contribution in [1.82, 2.24) is 10.3 Å². The number of rotatable bonds is 2. The molecule has 5 nitrogen and oxygen atoms in total. The summed E-state index contributed by atoms with van der Waals surface area (Å²) >= 11 is 1.44. The van der Waals surface area contributed by atoms with Gasteiger partial charge in [-0.3, -0.25) is 4.79 Å². The van der Waals surface area contributed by atoms with Gasteiger partial charge >= 0.3 is 0 Å². The Kier molecular flexibility index (Phi) is 2.99. The molecule has 3 N–H and O–H groups in total. The molecule has 82 valence electrons. The number of aliphatic hydroxyl groups excluding tert-OH is 1. The number of hydrogen-bond donors (Lipinski definition) is 3. The molecule has 0 unspecified atom stereocenters. The molecule has 0 aliphatic carbocycles. The lowest BCUT2D eigenvalue weighted by atomic mass is 10.2. The van der Waals surface area contributed by atoms with Crippen LogP contribution in [0.3, 0.4) is 0 Å². The maximum atomic E-state index is 11.7. The Bertz CT molecular complexity index is 366. The van der Waals surface area contributed by atoms with Crippen LogP contribution in [-0.2, 0) is 4.79 Å². The molecule has 0 aromatic carbocycles. The highest BCUT2D eigenvalue weighted by atomic mass is 32.1. The fraction of sp³-hybridized carbons (Fsp3) is 0.556. The lowest BCUT2D eigenvalue weighted by Crippen LogP contribution is -2.35. The van der Waals surface area contributed by atoms with Crippen molar-refractivity contribution in [2.45, 2.75) is 25.5 Å². The van der Waals surface area contributed by atoms with E-state index in [1.54, 1.807) is 6.20 Å². The van der Waals surface area contributed by atoms with E-state index >= 15 is 0 Å². The van der Waals surface area contributed by atoms with E-state index in [-0.39, 0.29) is 11.9 Å². The monoisotopic (exact) mass is 227 g/mol. The average molecular weight is 227 g/mol. The van der Waals surface area contributed by atoms with Crippen LogP contribution in [-0.4, -0.2) is 34.7 Å². The van der Waals surface area contributed by atoms with Gasteiger partial charge in [0.1, 0.15) is 0 Å². The molecule has 1 fully saturated rings. The van der Waals surface area contributed by atoms with Crippen molar-refractivity contribution in [3.05, 3.63) is 11.1 Å². The van der Waals surface area contributed by atoms with E-state index < -0.39 is 6.10 Å². The normalized spacial score (nSPS) is 25.5. The SMILES string of the molecule is Cc1cnc(NC(=O)[C@H]2C[C@@H](O)CN2)s1. The number of amides is 1. The lowest BCUT2D eigenvalue weighted by molar-refractivity contribution is -0.117. The second-order valence-electron chi connectivity index (χ2n) is 3.62. The number of β-amino-alcohol motifs (C(OH)–C–C–N with tert-alkyl or cyclic N) is 1. The quantitative estimate of drug-likeness (QED) is 0.670.